The van der Waals surface area contributed by atoms with Crippen LogP contribution in [-0.4, -0.2) is 19.2 Å². The molecule has 0 saturated carbocycles. The monoisotopic (exact) mass is 263 g/mol. The minimum atomic E-state index is 0.134. The zero-order valence-electron chi connectivity index (χ0n) is 11.6. The first-order valence-corrected chi connectivity index (χ1v) is 6.80. The third kappa shape index (κ3) is 4.16. The molecule has 0 radical (unpaired) electrons. The lowest BCUT2D eigenvalue weighted by Gasteiger charge is -2.07. The molecule has 1 aromatic carbocycles. The van der Waals surface area contributed by atoms with Crippen LogP contribution in [0.25, 0.3) is 0 Å². The van der Waals surface area contributed by atoms with Gasteiger partial charge in [0.15, 0.2) is 11.5 Å². The first kappa shape index (κ1) is 13.7. The summed E-state index contributed by atoms with van der Waals surface area (Å²) < 4.78 is 10.6. The van der Waals surface area contributed by atoms with Crippen molar-refractivity contribution in [1.82, 2.24) is 5.32 Å². The molecular formula is C15H21NO3. The number of fused-ring (bicyclic) bond motifs is 1. The predicted molar refractivity (Wildman–Crippen MR) is 73.4 cm³/mol. The first-order valence-electron chi connectivity index (χ1n) is 6.80. The lowest BCUT2D eigenvalue weighted by Crippen LogP contribution is -2.25. The molecule has 1 N–H and O–H groups in total. The van der Waals surface area contributed by atoms with Crippen LogP contribution in [0.2, 0.25) is 0 Å². The van der Waals surface area contributed by atoms with Crippen LogP contribution in [0.1, 0.15) is 32.3 Å². The van der Waals surface area contributed by atoms with Gasteiger partial charge in [-0.1, -0.05) is 19.9 Å². The van der Waals surface area contributed by atoms with Gasteiger partial charge in [-0.05, 0) is 36.5 Å². The highest BCUT2D eigenvalue weighted by atomic mass is 16.7. The third-order valence-corrected chi connectivity index (χ3v) is 3.12. The second kappa shape index (κ2) is 6.45. The Bertz CT molecular complexity index is 443. The van der Waals surface area contributed by atoms with E-state index < -0.39 is 0 Å². The molecule has 2 rings (SSSR count). The van der Waals surface area contributed by atoms with Crippen LogP contribution in [0.5, 0.6) is 11.5 Å². The summed E-state index contributed by atoms with van der Waals surface area (Å²) in [6, 6.07) is 5.90. The molecule has 4 nitrogen and oxygen atoms in total. The van der Waals surface area contributed by atoms with Gasteiger partial charge in [0.1, 0.15) is 0 Å². The summed E-state index contributed by atoms with van der Waals surface area (Å²) in [5, 5.41) is 2.94. The van der Waals surface area contributed by atoms with E-state index in [9.17, 15) is 4.79 Å². The normalized spacial score (nSPS) is 12.8. The summed E-state index contributed by atoms with van der Waals surface area (Å²) in [5.41, 5.74) is 1.15. The van der Waals surface area contributed by atoms with Gasteiger partial charge in [-0.15, -0.1) is 0 Å². The van der Waals surface area contributed by atoms with E-state index in [-0.39, 0.29) is 5.91 Å². The van der Waals surface area contributed by atoms with Crippen molar-refractivity contribution in [3.8, 4) is 11.5 Å². The van der Waals surface area contributed by atoms with E-state index in [0.29, 0.717) is 25.7 Å². The standard InChI is InChI=1S/C15H21NO3/c1-11(2)3-6-15(17)16-8-7-12-4-5-13-14(9-12)19-10-18-13/h4-5,9,11H,3,6-8,10H2,1-2H3,(H,16,17). The topological polar surface area (TPSA) is 47.6 Å². The van der Waals surface area contributed by atoms with E-state index in [1.807, 2.05) is 18.2 Å². The first-order chi connectivity index (χ1) is 9.15. The third-order valence-electron chi connectivity index (χ3n) is 3.12. The number of benzene rings is 1. The van der Waals surface area contributed by atoms with Crippen LogP contribution >= 0.6 is 0 Å². The minimum Gasteiger partial charge on any atom is -0.454 e. The van der Waals surface area contributed by atoms with Crippen molar-refractivity contribution in [3.05, 3.63) is 23.8 Å². The summed E-state index contributed by atoms with van der Waals surface area (Å²) in [4.78, 5) is 11.6. The molecule has 0 saturated heterocycles. The molecule has 0 spiro atoms. The predicted octanol–water partition coefficient (Wildman–Crippen LogP) is 2.51. The number of hydrogen-bond acceptors (Lipinski definition) is 3. The molecule has 4 heteroatoms. The minimum absolute atomic E-state index is 0.134. The Kier molecular flexibility index (Phi) is 4.66. The Morgan fingerprint density at radius 2 is 2.11 bits per heavy atom. The fraction of sp³-hybridized carbons (Fsp3) is 0.533. The summed E-state index contributed by atoms with van der Waals surface area (Å²) in [6.45, 7) is 5.21. The number of carbonyl (C=O) groups excluding carboxylic acids is 1. The van der Waals surface area contributed by atoms with E-state index in [2.05, 4.69) is 19.2 Å². The Morgan fingerprint density at radius 3 is 2.89 bits per heavy atom. The quantitative estimate of drug-likeness (QED) is 0.858. The fourth-order valence-corrected chi connectivity index (χ4v) is 1.95. The molecule has 104 valence electrons. The summed E-state index contributed by atoms with van der Waals surface area (Å²) in [5.74, 6) is 2.29. The highest BCUT2D eigenvalue weighted by Gasteiger charge is 2.13. The SMILES string of the molecule is CC(C)CCC(=O)NCCc1ccc2c(c1)OCO2. The molecule has 1 aliphatic rings. The lowest BCUT2D eigenvalue weighted by molar-refractivity contribution is -0.121. The van der Waals surface area contributed by atoms with Gasteiger partial charge in [-0.2, -0.15) is 0 Å². The lowest BCUT2D eigenvalue weighted by atomic mass is 10.1. The molecule has 19 heavy (non-hydrogen) atoms. The molecule has 1 aromatic rings. The van der Waals surface area contributed by atoms with E-state index in [1.165, 1.54) is 0 Å². The number of hydrogen-bond donors (Lipinski definition) is 1. The zero-order chi connectivity index (χ0) is 13.7. The fourth-order valence-electron chi connectivity index (χ4n) is 1.95. The van der Waals surface area contributed by atoms with Crippen molar-refractivity contribution in [2.24, 2.45) is 5.92 Å². The van der Waals surface area contributed by atoms with Crippen molar-refractivity contribution < 1.29 is 14.3 Å². The summed E-state index contributed by atoms with van der Waals surface area (Å²) in [7, 11) is 0. The second-order valence-electron chi connectivity index (χ2n) is 5.22. The van der Waals surface area contributed by atoms with Crippen molar-refractivity contribution >= 4 is 5.91 Å². The van der Waals surface area contributed by atoms with Gasteiger partial charge in [0.25, 0.3) is 0 Å². The second-order valence-corrected chi connectivity index (χ2v) is 5.22. The number of rotatable bonds is 6. The van der Waals surface area contributed by atoms with Gasteiger partial charge in [0.05, 0.1) is 0 Å². The van der Waals surface area contributed by atoms with Gasteiger partial charge >= 0.3 is 0 Å². The molecule has 0 unspecified atom stereocenters. The van der Waals surface area contributed by atoms with Crippen molar-refractivity contribution in [2.75, 3.05) is 13.3 Å². The van der Waals surface area contributed by atoms with Gasteiger partial charge in [-0.25, -0.2) is 0 Å². The van der Waals surface area contributed by atoms with E-state index in [1.54, 1.807) is 0 Å². The zero-order valence-corrected chi connectivity index (χ0v) is 11.6. The molecule has 1 amide bonds. The number of carbonyl (C=O) groups is 1. The van der Waals surface area contributed by atoms with E-state index in [4.69, 9.17) is 9.47 Å². The maximum absolute atomic E-state index is 11.6. The van der Waals surface area contributed by atoms with Crippen LogP contribution in [0.15, 0.2) is 18.2 Å². The van der Waals surface area contributed by atoms with Crippen LogP contribution in [0.3, 0.4) is 0 Å². The Labute approximate surface area is 114 Å². The average Bonchev–Trinajstić information content (AvgIpc) is 2.83. The van der Waals surface area contributed by atoms with Crippen molar-refractivity contribution in [2.45, 2.75) is 33.1 Å². The molecule has 0 atom stereocenters. The number of nitrogens with one attached hydrogen (secondary N) is 1. The number of amides is 1. The van der Waals surface area contributed by atoms with Crippen molar-refractivity contribution in [3.63, 3.8) is 0 Å². The summed E-state index contributed by atoms with van der Waals surface area (Å²) >= 11 is 0. The summed E-state index contributed by atoms with van der Waals surface area (Å²) in [6.07, 6.45) is 2.36. The molecule has 0 aliphatic carbocycles. The van der Waals surface area contributed by atoms with Crippen LogP contribution in [-0.2, 0) is 11.2 Å². The molecule has 0 aromatic heterocycles. The molecule has 1 aliphatic heterocycles. The Balaban J connectivity index is 1.72. The highest BCUT2D eigenvalue weighted by molar-refractivity contribution is 5.75. The van der Waals surface area contributed by atoms with Crippen LogP contribution < -0.4 is 14.8 Å². The van der Waals surface area contributed by atoms with Crippen molar-refractivity contribution in [1.29, 1.82) is 0 Å². The van der Waals surface area contributed by atoms with Gasteiger partial charge in [-0.3, -0.25) is 4.79 Å². The van der Waals surface area contributed by atoms with Crippen LogP contribution in [0.4, 0.5) is 0 Å². The number of ether oxygens (including phenoxy) is 2. The van der Waals surface area contributed by atoms with E-state index in [0.717, 1.165) is 29.9 Å². The maximum atomic E-state index is 11.6. The van der Waals surface area contributed by atoms with E-state index >= 15 is 0 Å². The molecule has 0 bridgehead atoms. The largest absolute Gasteiger partial charge is 0.454 e. The molecule has 0 fully saturated rings. The Hall–Kier alpha value is -1.71. The van der Waals surface area contributed by atoms with Gasteiger partial charge in [0, 0.05) is 13.0 Å². The molecule has 1 heterocycles. The van der Waals surface area contributed by atoms with Gasteiger partial charge < -0.3 is 14.8 Å². The Morgan fingerprint density at radius 1 is 1.32 bits per heavy atom. The maximum Gasteiger partial charge on any atom is 0.231 e. The van der Waals surface area contributed by atoms with Crippen LogP contribution in [0, 0.1) is 5.92 Å². The average molecular weight is 263 g/mol. The smallest absolute Gasteiger partial charge is 0.231 e. The highest BCUT2D eigenvalue weighted by Crippen LogP contribution is 2.32. The molecular weight excluding hydrogens is 242 g/mol. The van der Waals surface area contributed by atoms with Gasteiger partial charge in [0.2, 0.25) is 12.7 Å².